The first kappa shape index (κ1) is 23.3. The molecule has 32 heavy (non-hydrogen) atoms. The molecule has 4 rings (SSSR count). The van der Waals surface area contributed by atoms with E-state index in [0.717, 1.165) is 36.9 Å². The van der Waals surface area contributed by atoms with E-state index in [1.165, 1.54) is 37.7 Å². The first-order valence-corrected chi connectivity index (χ1v) is 13.1. The van der Waals surface area contributed by atoms with Crippen LogP contribution < -0.4 is 0 Å². The lowest BCUT2D eigenvalue weighted by Gasteiger charge is -2.44. The molecule has 7 heteroatoms. The van der Waals surface area contributed by atoms with E-state index in [1.807, 2.05) is 6.07 Å². The van der Waals surface area contributed by atoms with Gasteiger partial charge in [-0.1, -0.05) is 61.9 Å². The second-order valence-electron chi connectivity index (χ2n) is 9.43. The van der Waals surface area contributed by atoms with Gasteiger partial charge in [0.25, 0.3) is 0 Å². The molecular weight excluding hydrogens is 418 g/mol. The lowest BCUT2D eigenvalue weighted by molar-refractivity contribution is -0.134. The third-order valence-corrected chi connectivity index (χ3v) is 8.08. The Balaban J connectivity index is 1.51. The molecule has 1 saturated heterocycles. The quantitative estimate of drug-likeness (QED) is 0.544. The Morgan fingerprint density at radius 2 is 1.88 bits per heavy atom. The van der Waals surface area contributed by atoms with Crippen molar-refractivity contribution >= 4 is 17.7 Å². The summed E-state index contributed by atoms with van der Waals surface area (Å²) in [5.74, 6) is 2.39. The van der Waals surface area contributed by atoms with Crippen molar-refractivity contribution in [2.45, 2.75) is 75.7 Å². The zero-order valence-corrected chi connectivity index (χ0v) is 20.6. The minimum absolute atomic E-state index is 0.196. The number of rotatable bonds is 8. The van der Waals surface area contributed by atoms with Crippen molar-refractivity contribution in [3.63, 3.8) is 0 Å². The Labute approximate surface area is 196 Å². The second-order valence-corrected chi connectivity index (χ2v) is 10.4. The maximum Gasteiger partial charge on any atom is 0.233 e. The number of fused-ring (bicyclic) bond motifs is 1. The summed E-state index contributed by atoms with van der Waals surface area (Å²) in [5, 5.41) is 9.97. The summed E-state index contributed by atoms with van der Waals surface area (Å²) in [5.41, 5.74) is 1.22. The normalized spacial score (nSPS) is 22.1. The van der Waals surface area contributed by atoms with Crippen LogP contribution in [0.2, 0.25) is 0 Å². The number of hydrogen-bond donors (Lipinski definition) is 0. The van der Waals surface area contributed by atoms with E-state index in [-0.39, 0.29) is 11.9 Å². The molecule has 6 nitrogen and oxygen atoms in total. The molecule has 2 aromatic rings. The molecule has 0 bridgehead atoms. The predicted molar refractivity (Wildman–Crippen MR) is 130 cm³/mol. The molecule has 1 aliphatic carbocycles. The van der Waals surface area contributed by atoms with Gasteiger partial charge in [0.2, 0.25) is 5.91 Å². The van der Waals surface area contributed by atoms with Crippen molar-refractivity contribution in [3.8, 4) is 0 Å². The van der Waals surface area contributed by atoms with E-state index in [1.54, 1.807) is 11.8 Å². The SMILES string of the molecule is CC[C@H](c1nnc(SCC(=O)N2CCC[C@H]3CCCC[C@@H]32)n1Cc1ccccc1)N(C)C. The Morgan fingerprint density at radius 1 is 1.12 bits per heavy atom. The number of likely N-dealkylation sites (tertiary alicyclic amines) is 1. The molecular formula is C25H37N5OS. The van der Waals surface area contributed by atoms with Gasteiger partial charge < -0.3 is 9.47 Å². The predicted octanol–water partition coefficient (Wildman–Crippen LogP) is 4.61. The number of carbonyl (C=O) groups is 1. The molecule has 1 aromatic carbocycles. The Kier molecular flexibility index (Phi) is 7.89. The van der Waals surface area contributed by atoms with E-state index < -0.39 is 0 Å². The fraction of sp³-hybridized carbons (Fsp3) is 0.640. The van der Waals surface area contributed by atoms with Gasteiger partial charge >= 0.3 is 0 Å². The van der Waals surface area contributed by atoms with E-state index in [0.29, 0.717) is 17.7 Å². The number of piperidine rings is 1. The summed E-state index contributed by atoms with van der Waals surface area (Å²) < 4.78 is 2.21. The summed E-state index contributed by atoms with van der Waals surface area (Å²) in [6.45, 7) is 3.82. The molecule has 0 radical (unpaired) electrons. The summed E-state index contributed by atoms with van der Waals surface area (Å²) in [6, 6.07) is 11.1. The van der Waals surface area contributed by atoms with Crippen molar-refractivity contribution in [3.05, 3.63) is 41.7 Å². The molecule has 0 N–H and O–H groups in total. The average Bonchev–Trinajstić information content (AvgIpc) is 3.20. The van der Waals surface area contributed by atoms with E-state index in [2.05, 4.69) is 69.8 Å². The molecule has 1 amide bonds. The number of nitrogens with zero attached hydrogens (tertiary/aromatic N) is 5. The van der Waals surface area contributed by atoms with E-state index in [4.69, 9.17) is 0 Å². The van der Waals surface area contributed by atoms with Crippen molar-refractivity contribution < 1.29 is 4.79 Å². The molecule has 0 spiro atoms. The summed E-state index contributed by atoms with van der Waals surface area (Å²) in [7, 11) is 4.17. The van der Waals surface area contributed by atoms with Gasteiger partial charge in [0, 0.05) is 12.6 Å². The fourth-order valence-electron chi connectivity index (χ4n) is 5.49. The Morgan fingerprint density at radius 3 is 2.62 bits per heavy atom. The minimum atomic E-state index is 0.196. The molecule has 2 fully saturated rings. The monoisotopic (exact) mass is 455 g/mol. The molecule has 0 unspecified atom stereocenters. The lowest BCUT2D eigenvalue weighted by atomic mass is 9.78. The van der Waals surface area contributed by atoms with Crippen LogP contribution in [-0.4, -0.2) is 62.9 Å². The summed E-state index contributed by atoms with van der Waals surface area (Å²) >= 11 is 1.55. The van der Waals surface area contributed by atoms with Gasteiger partial charge in [-0.2, -0.15) is 0 Å². The molecule has 3 atom stereocenters. The topological polar surface area (TPSA) is 54.3 Å². The van der Waals surface area contributed by atoms with Gasteiger partial charge in [-0.05, 0) is 57.7 Å². The highest BCUT2D eigenvalue weighted by molar-refractivity contribution is 7.99. The van der Waals surface area contributed by atoms with Gasteiger partial charge in [0.05, 0.1) is 18.3 Å². The van der Waals surface area contributed by atoms with Crippen LogP contribution in [0.1, 0.15) is 69.3 Å². The maximum absolute atomic E-state index is 13.2. The number of carbonyl (C=O) groups excluding carboxylic acids is 1. The van der Waals surface area contributed by atoms with Crippen LogP contribution in [0.15, 0.2) is 35.5 Å². The lowest BCUT2D eigenvalue weighted by Crippen LogP contribution is -2.50. The van der Waals surface area contributed by atoms with Crippen LogP contribution in [0.4, 0.5) is 0 Å². The summed E-state index contributed by atoms with van der Waals surface area (Å²) in [4.78, 5) is 17.6. The zero-order chi connectivity index (χ0) is 22.5. The van der Waals surface area contributed by atoms with Gasteiger partial charge in [-0.3, -0.25) is 9.69 Å². The van der Waals surface area contributed by atoms with Gasteiger partial charge in [-0.15, -0.1) is 10.2 Å². The molecule has 2 aliphatic rings. The Bertz CT molecular complexity index is 882. The van der Waals surface area contributed by atoms with Gasteiger partial charge in [-0.25, -0.2) is 0 Å². The van der Waals surface area contributed by atoms with E-state index >= 15 is 0 Å². The molecule has 174 valence electrons. The van der Waals surface area contributed by atoms with Crippen molar-refractivity contribution in [1.82, 2.24) is 24.6 Å². The first-order chi connectivity index (χ1) is 15.6. The number of amides is 1. The highest BCUT2D eigenvalue weighted by Crippen LogP contribution is 2.36. The number of hydrogen-bond acceptors (Lipinski definition) is 5. The summed E-state index contributed by atoms with van der Waals surface area (Å²) in [6.07, 6.45) is 8.45. The van der Waals surface area contributed by atoms with E-state index in [9.17, 15) is 4.79 Å². The molecule has 1 saturated carbocycles. The highest BCUT2D eigenvalue weighted by Gasteiger charge is 2.35. The largest absolute Gasteiger partial charge is 0.339 e. The number of benzene rings is 1. The van der Waals surface area contributed by atoms with Gasteiger partial charge in [0.1, 0.15) is 0 Å². The van der Waals surface area contributed by atoms with Crippen molar-refractivity contribution in [1.29, 1.82) is 0 Å². The number of thioether (sulfide) groups is 1. The van der Waals surface area contributed by atoms with Crippen LogP contribution in [0.25, 0.3) is 0 Å². The van der Waals surface area contributed by atoms with Crippen molar-refractivity contribution in [2.24, 2.45) is 5.92 Å². The third kappa shape index (κ3) is 5.20. The minimum Gasteiger partial charge on any atom is -0.339 e. The first-order valence-electron chi connectivity index (χ1n) is 12.1. The zero-order valence-electron chi connectivity index (χ0n) is 19.7. The molecule has 1 aliphatic heterocycles. The van der Waals surface area contributed by atoms with Crippen molar-refractivity contribution in [2.75, 3.05) is 26.4 Å². The Hall–Kier alpha value is -1.86. The molecule has 1 aromatic heterocycles. The van der Waals surface area contributed by atoms with Crippen LogP contribution in [0, 0.1) is 5.92 Å². The van der Waals surface area contributed by atoms with Crippen LogP contribution in [-0.2, 0) is 11.3 Å². The smallest absolute Gasteiger partial charge is 0.233 e. The van der Waals surface area contributed by atoms with Crippen LogP contribution >= 0.6 is 11.8 Å². The average molecular weight is 456 g/mol. The fourth-order valence-corrected chi connectivity index (χ4v) is 6.32. The van der Waals surface area contributed by atoms with Crippen LogP contribution in [0.3, 0.4) is 0 Å². The molecule has 2 heterocycles. The second kappa shape index (κ2) is 10.8. The maximum atomic E-state index is 13.2. The van der Waals surface area contributed by atoms with Crippen LogP contribution in [0.5, 0.6) is 0 Å². The standard InChI is InChI=1S/C25H37N5OS/c1-4-21(28(2)3)24-26-27-25(30(24)17-19-11-6-5-7-12-19)32-18-23(31)29-16-10-14-20-13-8-9-15-22(20)29/h5-7,11-12,20-22H,4,8-10,13-18H2,1-3H3/t20-,21-,22+/m1/s1. The third-order valence-electron chi connectivity index (χ3n) is 7.13. The highest BCUT2D eigenvalue weighted by atomic mass is 32.2. The van der Waals surface area contributed by atoms with Gasteiger partial charge in [0.15, 0.2) is 11.0 Å². The number of aromatic nitrogens is 3.